The lowest BCUT2D eigenvalue weighted by atomic mass is 10.0. The van der Waals surface area contributed by atoms with Crippen LogP contribution in [0.2, 0.25) is 0 Å². The molecule has 0 spiro atoms. The summed E-state index contributed by atoms with van der Waals surface area (Å²) in [6, 6.07) is -3.87. The quantitative estimate of drug-likeness (QED) is 0.0534. The monoisotopic (exact) mass is 811 g/mol. The Morgan fingerprint density at radius 2 is 1.39 bits per heavy atom. The van der Waals surface area contributed by atoms with Crippen LogP contribution in [0.5, 0.6) is 0 Å². The second kappa shape index (κ2) is 23.2. The van der Waals surface area contributed by atoms with Gasteiger partial charge in [-0.05, 0) is 57.9 Å². The molecular formula is C34H53N9O12S. The van der Waals surface area contributed by atoms with E-state index in [-0.39, 0.29) is 43.2 Å². The van der Waals surface area contributed by atoms with Gasteiger partial charge in [-0.25, -0.2) is 0 Å². The molecule has 21 nitrogen and oxygen atoms in total. The molecule has 13 N–H and O–H groups in total. The number of carbonyl (C=O) groups excluding carboxylic acids is 7. The van der Waals surface area contributed by atoms with Crippen LogP contribution in [0.1, 0.15) is 58.4 Å². The van der Waals surface area contributed by atoms with Gasteiger partial charge in [-0.3, -0.25) is 43.7 Å². The number of nitrogens with one attached hydrogen (secondary N) is 6. The molecule has 0 aliphatic carbocycles. The minimum absolute atomic E-state index is 0.0626. The fourth-order valence-corrected chi connectivity index (χ4v) is 6.50. The lowest BCUT2D eigenvalue weighted by molar-refractivity contribution is -0.384. The van der Waals surface area contributed by atoms with Crippen molar-refractivity contribution in [1.82, 2.24) is 31.9 Å². The molecule has 7 amide bonds. The van der Waals surface area contributed by atoms with Crippen molar-refractivity contribution in [3.63, 3.8) is 0 Å². The summed E-state index contributed by atoms with van der Waals surface area (Å²) >= 11 is 1.35. The summed E-state index contributed by atoms with van der Waals surface area (Å²) in [7, 11) is 0. The van der Waals surface area contributed by atoms with Crippen molar-refractivity contribution in [3.05, 3.63) is 39.9 Å². The number of aliphatic hydroxyl groups is 3. The zero-order valence-electron chi connectivity index (χ0n) is 31.4. The minimum Gasteiger partial charge on any atom is -0.391 e. The van der Waals surface area contributed by atoms with Crippen LogP contribution in [-0.4, -0.2) is 134 Å². The smallest absolute Gasteiger partial charge is 0.269 e. The first kappa shape index (κ1) is 47.3. The zero-order valence-corrected chi connectivity index (χ0v) is 32.2. The number of non-ortho nitro benzene ring substituents is 1. The Hall–Kier alpha value is -4.90. The maximum absolute atomic E-state index is 13.5. The van der Waals surface area contributed by atoms with Crippen LogP contribution in [0.4, 0.5) is 5.69 Å². The second-order valence-electron chi connectivity index (χ2n) is 13.4. The van der Waals surface area contributed by atoms with Crippen molar-refractivity contribution >= 4 is 58.8 Å². The number of nitrogens with zero attached hydrogens (tertiary/aromatic N) is 1. The third kappa shape index (κ3) is 15.3. The van der Waals surface area contributed by atoms with Crippen LogP contribution in [-0.2, 0) is 40.0 Å². The molecule has 312 valence electrons. The van der Waals surface area contributed by atoms with E-state index >= 15 is 0 Å². The number of thioether (sulfide) groups is 1. The van der Waals surface area contributed by atoms with Crippen LogP contribution in [0.15, 0.2) is 24.3 Å². The topological polar surface area (TPSA) is 348 Å². The molecule has 2 unspecified atom stereocenters. The Morgan fingerprint density at radius 1 is 0.857 bits per heavy atom. The lowest BCUT2D eigenvalue weighted by Crippen LogP contribution is -2.64. The Labute approximate surface area is 327 Å². The number of nitro groups is 1. The van der Waals surface area contributed by atoms with Crippen LogP contribution < -0.4 is 43.4 Å². The summed E-state index contributed by atoms with van der Waals surface area (Å²) in [5.41, 5.74) is 11.3. The van der Waals surface area contributed by atoms with Gasteiger partial charge in [0.25, 0.3) is 5.69 Å². The molecule has 1 aromatic carbocycles. The first-order valence-corrected chi connectivity index (χ1v) is 19.2. The van der Waals surface area contributed by atoms with Crippen molar-refractivity contribution in [2.24, 2.45) is 11.5 Å². The summed E-state index contributed by atoms with van der Waals surface area (Å²) in [4.78, 5) is 102. The zero-order chi connectivity index (χ0) is 42.1. The maximum atomic E-state index is 13.5. The first-order chi connectivity index (χ1) is 26.4. The number of hydrogen-bond acceptors (Lipinski definition) is 14. The highest BCUT2D eigenvalue weighted by Gasteiger charge is 2.37. The van der Waals surface area contributed by atoms with E-state index in [9.17, 15) is 59.0 Å². The van der Waals surface area contributed by atoms with Gasteiger partial charge in [-0.15, -0.1) is 0 Å². The van der Waals surface area contributed by atoms with E-state index in [2.05, 4.69) is 31.9 Å². The molecule has 1 aliphatic heterocycles. The molecule has 1 fully saturated rings. The average Bonchev–Trinajstić information content (AvgIpc) is 3.13. The third-order valence-corrected chi connectivity index (χ3v) is 9.80. The van der Waals surface area contributed by atoms with Gasteiger partial charge in [0, 0.05) is 30.7 Å². The number of nitrogens with two attached hydrogens (primary N) is 2. The van der Waals surface area contributed by atoms with Crippen LogP contribution in [0, 0.1) is 10.1 Å². The lowest BCUT2D eigenvalue weighted by Gasteiger charge is -2.29. The number of rotatable bonds is 17. The molecule has 0 aromatic heterocycles. The first-order valence-electron chi connectivity index (χ1n) is 18.0. The standard InChI is InChI=1S/C34H53N9O12S/c1-17(44)26(32(51)38-23(29(36)48)15-20-8-10-21(11-9-20)43(54)55)41-34(53)28(19(3)46)42-33(52)27(18(2)45)40-31(50)24-16-56-14-6-4-5-7-25(47)37-22(12-13-35)30(49)39-24/h8-11,17-19,22-24,26-28,44-46H,4-7,12-16,35H2,1-3H3,(H2,36,48)(H,37,47)(H,38,51)(H,39,49)(H,40,50)(H,41,53)(H,42,52)/t17-,18-,19-,22?,23+,24?,26+,27+,28+/m1/s1. The summed E-state index contributed by atoms with van der Waals surface area (Å²) in [5, 5.41) is 56.7. The van der Waals surface area contributed by atoms with Gasteiger partial charge >= 0.3 is 0 Å². The Bertz CT molecular complexity index is 1550. The molecule has 22 heteroatoms. The van der Waals surface area contributed by atoms with Crippen LogP contribution >= 0.6 is 11.8 Å². The van der Waals surface area contributed by atoms with Crippen molar-refractivity contribution in [1.29, 1.82) is 0 Å². The molecule has 1 aromatic rings. The third-order valence-electron chi connectivity index (χ3n) is 8.65. The predicted octanol–water partition coefficient (Wildman–Crippen LogP) is -3.67. The molecule has 1 saturated heterocycles. The van der Waals surface area contributed by atoms with E-state index in [0.29, 0.717) is 17.7 Å². The van der Waals surface area contributed by atoms with Crippen LogP contribution in [0.25, 0.3) is 0 Å². The van der Waals surface area contributed by atoms with Gasteiger partial charge in [0.15, 0.2) is 0 Å². The van der Waals surface area contributed by atoms with Crippen molar-refractivity contribution in [2.45, 2.75) is 114 Å². The second-order valence-corrected chi connectivity index (χ2v) is 14.6. The summed E-state index contributed by atoms with van der Waals surface area (Å²) in [6.07, 6.45) is -2.61. The molecule has 56 heavy (non-hydrogen) atoms. The van der Waals surface area contributed by atoms with E-state index in [4.69, 9.17) is 11.5 Å². The van der Waals surface area contributed by atoms with E-state index in [1.165, 1.54) is 43.0 Å². The number of amides is 7. The average molecular weight is 812 g/mol. The molecule has 9 atom stereocenters. The molecule has 1 heterocycles. The van der Waals surface area contributed by atoms with Gasteiger partial charge < -0.3 is 58.7 Å². The number of benzene rings is 1. The minimum atomic E-state index is -1.82. The number of aliphatic hydroxyl groups excluding tert-OH is 3. The Balaban J connectivity index is 2.20. The normalized spacial score (nSPS) is 20.6. The van der Waals surface area contributed by atoms with Gasteiger partial charge in [0.05, 0.1) is 23.2 Å². The fraction of sp³-hybridized carbons (Fsp3) is 0.618. The van der Waals surface area contributed by atoms with E-state index in [1.807, 2.05) is 0 Å². The molecule has 1 aliphatic rings. The summed E-state index contributed by atoms with van der Waals surface area (Å²) < 4.78 is 0. The largest absolute Gasteiger partial charge is 0.391 e. The van der Waals surface area contributed by atoms with Gasteiger partial charge in [0.1, 0.15) is 36.3 Å². The van der Waals surface area contributed by atoms with E-state index in [1.54, 1.807) is 0 Å². The molecule has 0 saturated carbocycles. The number of hydrogen-bond donors (Lipinski definition) is 11. The van der Waals surface area contributed by atoms with Crippen molar-refractivity contribution in [3.8, 4) is 0 Å². The van der Waals surface area contributed by atoms with Crippen LogP contribution in [0.3, 0.4) is 0 Å². The number of primary amides is 1. The molecule has 0 radical (unpaired) electrons. The molecule has 0 bridgehead atoms. The van der Waals surface area contributed by atoms with E-state index in [0.717, 1.165) is 26.7 Å². The SMILES string of the molecule is C[C@@H](O)[C@H](NC(=O)C1CSCCCCCC(=O)NC(CCN)C(=O)N1)C(=O)N[C@H](C(=O)N[C@H](C(=O)N[C@@H](Cc1ccc([N+](=O)[O-])cc1)C(N)=O)[C@@H](C)O)[C@@H](C)O. The van der Waals surface area contributed by atoms with Gasteiger partial charge in [-0.2, -0.15) is 11.8 Å². The Kier molecular flexibility index (Phi) is 19.6. The highest BCUT2D eigenvalue weighted by molar-refractivity contribution is 7.99. The highest BCUT2D eigenvalue weighted by atomic mass is 32.2. The maximum Gasteiger partial charge on any atom is 0.269 e. The molecular weight excluding hydrogens is 758 g/mol. The van der Waals surface area contributed by atoms with E-state index < -0.39 is 94.9 Å². The Morgan fingerprint density at radius 3 is 1.89 bits per heavy atom. The van der Waals surface area contributed by atoms with Gasteiger partial charge in [-0.1, -0.05) is 18.6 Å². The fourth-order valence-electron chi connectivity index (χ4n) is 5.45. The number of carbonyl (C=O) groups is 7. The summed E-state index contributed by atoms with van der Waals surface area (Å²) in [6.45, 7) is 3.50. The van der Waals surface area contributed by atoms with Gasteiger partial charge in [0.2, 0.25) is 41.4 Å². The number of nitro benzene ring substituents is 1. The van der Waals surface area contributed by atoms with Crippen molar-refractivity contribution in [2.75, 3.05) is 18.1 Å². The molecule has 2 rings (SSSR count). The predicted molar refractivity (Wildman–Crippen MR) is 202 cm³/mol. The van der Waals surface area contributed by atoms with Crippen molar-refractivity contribution < 1.29 is 53.8 Å². The summed E-state index contributed by atoms with van der Waals surface area (Å²) in [5.74, 6) is -5.62. The highest BCUT2D eigenvalue weighted by Crippen LogP contribution is 2.14.